The third-order valence-electron chi connectivity index (χ3n) is 5.13. The van der Waals surface area contributed by atoms with E-state index >= 15 is 0 Å². The summed E-state index contributed by atoms with van der Waals surface area (Å²) in [6.45, 7) is 0. The summed E-state index contributed by atoms with van der Waals surface area (Å²) in [5, 5.41) is 13.7. The first-order valence-electron chi connectivity index (χ1n) is 9.02. The fraction of sp³-hybridized carbons (Fsp3) is 0.450. The number of allylic oxidation sites excluding steroid dienone is 4. The van der Waals surface area contributed by atoms with E-state index in [0.717, 1.165) is 38.5 Å². The van der Waals surface area contributed by atoms with Gasteiger partial charge in [-0.1, -0.05) is 30.4 Å². The van der Waals surface area contributed by atoms with E-state index in [0.29, 0.717) is 17.5 Å². The number of non-ortho nitro benzene ring substituents is 1. The van der Waals surface area contributed by atoms with Crippen LogP contribution in [0.2, 0.25) is 0 Å². The van der Waals surface area contributed by atoms with Crippen molar-refractivity contribution in [3.8, 4) is 0 Å². The van der Waals surface area contributed by atoms with E-state index in [4.69, 9.17) is 0 Å². The SMILES string of the molecule is O=C(Nc1cccc([N+](=O)[O-])c1)C1[C@H]2CC/C=C\CC/C=C/CC[C@H]12. The summed E-state index contributed by atoms with van der Waals surface area (Å²) >= 11 is 0. The molecule has 3 atom stereocenters. The molecule has 1 unspecified atom stereocenters. The Morgan fingerprint density at radius 3 is 2.20 bits per heavy atom. The molecule has 0 heterocycles. The molecule has 0 aromatic heterocycles. The van der Waals surface area contributed by atoms with E-state index in [1.807, 2.05) is 0 Å². The number of benzene rings is 1. The average Bonchev–Trinajstić information content (AvgIpc) is 3.27. The van der Waals surface area contributed by atoms with E-state index in [-0.39, 0.29) is 17.5 Å². The van der Waals surface area contributed by atoms with Crippen LogP contribution in [0.3, 0.4) is 0 Å². The number of hydrogen-bond donors (Lipinski definition) is 1. The molecular weight excluding hydrogens is 316 g/mol. The number of nitrogens with zero attached hydrogens (tertiary/aromatic N) is 1. The molecule has 2 aliphatic rings. The highest BCUT2D eigenvalue weighted by molar-refractivity contribution is 5.95. The highest BCUT2D eigenvalue weighted by Gasteiger charge is 2.52. The number of carbonyl (C=O) groups is 1. The molecule has 0 radical (unpaired) electrons. The van der Waals surface area contributed by atoms with E-state index in [1.54, 1.807) is 12.1 Å². The topological polar surface area (TPSA) is 72.2 Å². The summed E-state index contributed by atoms with van der Waals surface area (Å²) in [4.78, 5) is 23.1. The van der Waals surface area contributed by atoms with Crippen molar-refractivity contribution in [2.24, 2.45) is 17.8 Å². The van der Waals surface area contributed by atoms with Gasteiger partial charge in [-0.25, -0.2) is 0 Å². The molecule has 0 saturated heterocycles. The number of nitro benzene ring substituents is 1. The summed E-state index contributed by atoms with van der Waals surface area (Å²) in [5.41, 5.74) is 0.497. The molecule has 0 aliphatic heterocycles. The van der Waals surface area contributed by atoms with Crippen LogP contribution in [0.4, 0.5) is 11.4 Å². The lowest BCUT2D eigenvalue weighted by Gasteiger charge is -2.05. The Bertz CT molecular complexity index is 672. The first-order chi connectivity index (χ1) is 12.2. The molecule has 1 saturated carbocycles. The van der Waals surface area contributed by atoms with Crippen LogP contribution in [0, 0.1) is 27.9 Å². The number of nitrogens with one attached hydrogen (secondary N) is 1. The van der Waals surface area contributed by atoms with Gasteiger partial charge in [-0.3, -0.25) is 14.9 Å². The molecular formula is C20H24N2O3. The zero-order chi connectivity index (χ0) is 17.6. The molecule has 1 N–H and O–H groups in total. The second-order valence-electron chi connectivity index (χ2n) is 6.83. The van der Waals surface area contributed by atoms with E-state index in [9.17, 15) is 14.9 Å². The summed E-state index contributed by atoms with van der Waals surface area (Å²) in [6.07, 6.45) is 15.2. The molecule has 132 valence electrons. The van der Waals surface area contributed by atoms with Crippen molar-refractivity contribution in [2.45, 2.75) is 38.5 Å². The predicted octanol–water partition coefficient (Wildman–Crippen LogP) is 4.86. The minimum atomic E-state index is -0.446. The maximum absolute atomic E-state index is 12.6. The Kier molecular flexibility index (Phi) is 5.64. The molecule has 0 spiro atoms. The Morgan fingerprint density at radius 1 is 1.00 bits per heavy atom. The Morgan fingerprint density at radius 2 is 1.60 bits per heavy atom. The van der Waals surface area contributed by atoms with Gasteiger partial charge in [-0.2, -0.15) is 0 Å². The Labute approximate surface area is 148 Å². The molecule has 2 aliphatic carbocycles. The molecule has 25 heavy (non-hydrogen) atoms. The normalized spacial score (nSPS) is 28.6. The first kappa shape index (κ1) is 17.4. The number of rotatable bonds is 3. The van der Waals surface area contributed by atoms with Gasteiger partial charge < -0.3 is 5.32 Å². The molecule has 0 bridgehead atoms. The molecule has 1 aromatic carbocycles. The molecule has 1 fully saturated rings. The second-order valence-corrected chi connectivity index (χ2v) is 6.83. The molecule has 3 rings (SSSR count). The third-order valence-corrected chi connectivity index (χ3v) is 5.13. The van der Waals surface area contributed by atoms with Crippen molar-refractivity contribution >= 4 is 17.3 Å². The van der Waals surface area contributed by atoms with Crippen molar-refractivity contribution in [2.75, 3.05) is 5.32 Å². The number of carbonyl (C=O) groups excluding carboxylic acids is 1. The zero-order valence-corrected chi connectivity index (χ0v) is 14.3. The number of anilines is 1. The quantitative estimate of drug-likeness (QED) is 0.485. The Balaban J connectivity index is 1.63. The maximum atomic E-state index is 12.6. The van der Waals surface area contributed by atoms with Crippen molar-refractivity contribution in [1.82, 2.24) is 0 Å². The van der Waals surface area contributed by atoms with Crippen molar-refractivity contribution in [1.29, 1.82) is 0 Å². The lowest BCUT2D eigenvalue weighted by molar-refractivity contribution is -0.384. The van der Waals surface area contributed by atoms with Crippen molar-refractivity contribution < 1.29 is 9.72 Å². The predicted molar refractivity (Wildman–Crippen MR) is 98.2 cm³/mol. The van der Waals surface area contributed by atoms with E-state index in [2.05, 4.69) is 29.6 Å². The zero-order valence-electron chi connectivity index (χ0n) is 14.3. The third kappa shape index (κ3) is 4.56. The summed E-state index contributed by atoms with van der Waals surface area (Å²) < 4.78 is 0. The summed E-state index contributed by atoms with van der Waals surface area (Å²) in [5.74, 6) is 0.882. The van der Waals surface area contributed by atoms with Gasteiger partial charge in [0.2, 0.25) is 5.91 Å². The first-order valence-corrected chi connectivity index (χ1v) is 9.02. The summed E-state index contributed by atoms with van der Waals surface area (Å²) in [6, 6.07) is 6.14. The second kappa shape index (κ2) is 8.10. The molecule has 1 amide bonds. The van der Waals surface area contributed by atoms with Crippen molar-refractivity contribution in [3.05, 3.63) is 58.7 Å². The lowest BCUT2D eigenvalue weighted by atomic mass is 10.1. The average molecular weight is 340 g/mol. The van der Waals surface area contributed by atoms with Gasteiger partial charge in [-0.15, -0.1) is 0 Å². The highest BCUT2D eigenvalue weighted by atomic mass is 16.6. The van der Waals surface area contributed by atoms with Gasteiger partial charge in [0.25, 0.3) is 5.69 Å². The number of amides is 1. The van der Waals surface area contributed by atoms with Gasteiger partial charge in [0, 0.05) is 23.7 Å². The van der Waals surface area contributed by atoms with Crippen LogP contribution < -0.4 is 5.32 Å². The van der Waals surface area contributed by atoms with E-state index in [1.165, 1.54) is 12.1 Å². The lowest BCUT2D eigenvalue weighted by Crippen LogP contribution is -2.15. The van der Waals surface area contributed by atoms with Gasteiger partial charge in [0.05, 0.1) is 4.92 Å². The van der Waals surface area contributed by atoms with Gasteiger partial charge in [0.15, 0.2) is 0 Å². The monoisotopic (exact) mass is 340 g/mol. The highest BCUT2D eigenvalue weighted by Crippen LogP contribution is 2.52. The fourth-order valence-electron chi connectivity index (χ4n) is 3.79. The largest absolute Gasteiger partial charge is 0.326 e. The molecule has 1 aromatic rings. The Hall–Kier alpha value is -2.43. The fourth-order valence-corrected chi connectivity index (χ4v) is 3.79. The van der Waals surface area contributed by atoms with Crippen LogP contribution in [0.25, 0.3) is 0 Å². The van der Waals surface area contributed by atoms with Crippen LogP contribution >= 0.6 is 0 Å². The number of hydrogen-bond acceptors (Lipinski definition) is 3. The van der Waals surface area contributed by atoms with Gasteiger partial charge in [-0.05, 0) is 56.4 Å². The maximum Gasteiger partial charge on any atom is 0.271 e. The van der Waals surface area contributed by atoms with Crippen molar-refractivity contribution in [3.63, 3.8) is 0 Å². The summed E-state index contributed by atoms with van der Waals surface area (Å²) in [7, 11) is 0. The number of fused-ring (bicyclic) bond motifs is 1. The minimum absolute atomic E-state index is 0.00155. The van der Waals surface area contributed by atoms with Crippen LogP contribution in [0.15, 0.2) is 48.6 Å². The minimum Gasteiger partial charge on any atom is -0.326 e. The molecule has 5 nitrogen and oxygen atoms in total. The van der Waals surface area contributed by atoms with Gasteiger partial charge >= 0.3 is 0 Å². The standard InChI is InChI=1S/C20H24N2O3/c23-20(21-15-10-9-11-16(14-15)22(24)25)19-17-12-7-5-3-1-2-4-6-8-13-18(17)19/h3-6,9-11,14,17-19H,1-2,7-8,12-13H2,(H,21,23)/b5-3-,6-4+/t17-,18-,19?/m0/s1. The van der Waals surface area contributed by atoms with Crippen LogP contribution in [0.1, 0.15) is 38.5 Å². The number of nitro groups is 1. The van der Waals surface area contributed by atoms with E-state index < -0.39 is 4.92 Å². The van der Waals surface area contributed by atoms with Gasteiger partial charge in [0.1, 0.15) is 0 Å². The van der Waals surface area contributed by atoms with Crippen LogP contribution in [0.5, 0.6) is 0 Å². The van der Waals surface area contributed by atoms with Crippen LogP contribution in [-0.4, -0.2) is 10.8 Å². The molecule has 5 heteroatoms. The van der Waals surface area contributed by atoms with Crippen LogP contribution in [-0.2, 0) is 4.79 Å². The smallest absolute Gasteiger partial charge is 0.271 e.